The zero-order valence-electron chi connectivity index (χ0n) is 12.9. The van der Waals surface area contributed by atoms with Gasteiger partial charge in [-0.3, -0.25) is 0 Å². The molecule has 0 aromatic heterocycles. The molecule has 0 aliphatic rings. The summed E-state index contributed by atoms with van der Waals surface area (Å²) in [4.78, 5) is 11.4. The van der Waals surface area contributed by atoms with Crippen molar-refractivity contribution in [3.8, 4) is 17.2 Å². The molecule has 0 heterocycles. The number of rotatable bonds is 7. The molecule has 0 saturated heterocycles. The van der Waals surface area contributed by atoms with E-state index >= 15 is 0 Å². The minimum absolute atomic E-state index is 0.377. The highest BCUT2D eigenvalue weighted by Crippen LogP contribution is 2.26. The first-order valence-corrected chi connectivity index (χ1v) is 7.71. The monoisotopic (exact) mass is 380 g/mol. The van der Waals surface area contributed by atoms with Crippen molar-refractivity contribution in [3.05, 3.63) is 52.5 Å². The van der Waals surface area contributed by atoms with Gasteiger partial charge in [0.1, 0.15) is 30.5 Å². The zero-order valence-corrected chi connectivity index (χ0v) is 14.5. The van der Waals surface area contributed by atoms with E-state index in [1.54, 1.807) is 25.3 Å². The molecule has 2 rings (SSSR count). The van der Waals surface area contributed by atoms with E-state index in [2.05, 4.69) is 20.7 Å². The van der Waals surface area contributed by atoms with Crippen LogP contribution in [0.2, 0.25) is 0 Å². The van der Waals surface area contributed by atoms with Crippen LogP contribution in [0.5, 0.6) is 17.2 Å². The minimum Gasteiger partial charge on any atom is -0.497 e. The van der Waals surface area contributed by atoms with Gasteiger partial charge in [0, 0.05) is 0 Å². The second-order valence-electron chi connectivity index (χ2n) is 4.51. The molecule has 2 aromatic rings. The molecule has 0 aliphatic carbocycles. The fourth-order valence-corrected chi connectivity index (χ4v) is 2.34. The normalized spacial score (nSPS) is 10.0. The Hall–Kier alpha value is -2.21. The maximum absolute atomic E-state index is 11.4. The van der Waals surface area contributed by atoms with E-state index in [1.165, 1.54) is 7.11 Å². The lowest BCUT2D eigenvalue weighted by Gasteiger charge is -2.10. The van der Waals surface area contributed by atoms with Gasteiger partial charge in [0.25, 0.3) is 0 Å². The number of methoxy groups -OCH3 is 2. The lowest BCUT2D eigenvalue weighted by Crippen LogP contribution is -2.09. The SMILES string of the molecule is COC(=O)c1ccc(OCCOc2ccc(OC)cc2)c(Br)c1. The Kier molecular flexibility index (Phi) is 6.29. The molecule has 0 saturated carbocycles. The Labute approximate surface area is 143 Å². The Balaban J connectivity index is 1.82. The number of ether oxygens (including phenoxy) is 4. The number of carbonyl (C=O) groups is 1. The fourth-order valence-electron chi connectivity index (χ4n) is 1.85. The first kappa shape index (κ1) is 17.1. The molecule has 122 valence electrons. The summed E-state index contributed by atoms with van der Waals surface area (Å²) in [6.45, 7) is 0.778. The molecule has 0 N–H and O–H groups in total. The highest BCUT2D eigenvalue weighted by molar-refractivity contribution is 9.10. The van der Waals surface area contributed by atoms with Crippen LogP contribution >= 0.6 is 15.9 Å². The van der Waals surface area contributed by atoms with Crippen molar-refractivity contribution in [2.24, 2.45) is 0 Å². The Morgan fingerprint density at radius 2 is 1.61 bits per heavy atom. The van der Waals surface area contributed by atoms with Crippen molar-refractivity contribution in [2.75, 3.05) is 27.4 Å². The Morgan fingerprint density at radius 1 is 0.957 bits per heavy atom. The van der Waals surface area contributed by atoms with Gasteiger partial charge in [0.15, 0.2) is 0 Å². The van der Waals surface area contributed by atoms with Crippen LogP contribution in [0.15, 0.2) is 46.9 Å². The van der Waals surface area contributed by atoms with Crippen molar-refractivity contribution in [2.45, 2.75) is 0 Å². The maximum Gasteiger partial charge on any atom is 0.337 e. The number of benzene rings is 2. The highest BCUT2D eigenvalue weighted by Gasteiger charge is 2.09. The molecule has 0 bridgehead atoms. The smallest absolute Gasteiger partial charge is 0.337 e. The zero-order chi connectivity index (χ0) is 16.7. The molecule has 2 aromatic carbocycles. The molecule has 0 unspecified atom stereocenters. The molecule has 0 radical (unpaired) electrons. The fraction of sp³-hybridized carbons (Fsp3) is 0.235. The summed E-state index contributed by atoms with van der Waals surface area (Å²) in [5.41, 5.74) is 0.459. The molecule has 0 spiro atoms. The molecule has 23 heavy (non-hydrogen) atoms. The van der Waals surface area contributed by atoms with Gasteiger partial charge in [-0.05, 0) is 58.4 Å². The van der Waals surface area contributed by atoms with E-state index in [0.717, 1.165) is 11.5 Å². The van der Waals surface area contributed by atoms with E-state index in [4.69, 9.17) is 14.2 Å². The van der Waals surface area contributed by atoms with Crippen LogP contribution in [-0.4, -0.2) is 33.4 Å². The number of hydrogen-bond acceptors (Lipinski definition) is 5. The predicted octanol–water partition coefficient (Wildman–Crippen LogP) is 3.70. The van der Waals surface area contributed by atoms with Gasteiger partial charge in [-0.25, -0.2) is 4.79 Å². The van der Waals surface area contributed by atoms with E-state index in [-0.39, 0.29) is 5.97 Å². The van der Waals surface area contributed by atoms with Crippen LogP contribution in [0.1, 0.15) is 10.4 Å². The average molecular weight is 381 g/mol. The number of carbonyl (C=O) groups excluding carboxylic acids is 1. The summed E-state index contributed by atoms with van der Waals surface area (Å²) in [5.74, 6) is 1.77. The van der Waals surface area contributed by atoms with Crippen LogP contribution in [-0.2, 0) is 4.74 Å². The third kappa shape index (κ3) is 4.89. The first-order valence-electron chi connectivity index (χ1n) is 6.91. The molecular formula is C17H17BrO5. The summed E-state index contributed by atoms with van der Waals surface area (Å²) in [6.07, 6.45) is 0. The van der Waals surface area contributed by atoms with Crippen LogP contribution in [0.4, 0.5) is 0 Å². The van der Waals surface area contributed by atoms with Crippen molar-refractivity contribution in [1.82, 2.24) is 0 Å². The van der Waals surface area contributed by atoms with Crippen LogP contribution in [0, 0.1) is 0 Å². The first-order chi connectivity index (χ1) is 11.1. The van der Waals surface area contributed by atoms with Crippen molar-refractivity contribution >= 4 is 21.9 Å². The van der Waals surface area contributed by atoms with Gasteiger partial charge in [-0.2, -0.15) is 0 Å². The number of hydrogen-bond donors (Lipinski definition) is 0. The summed E-state index contributed by atoms with van der Waals surface area (Å²) in [6, 6.07) is 12.3. The molecule has 0 amide bonds. The van der Waals surface area contributed by atoms with E-state index in [9.17, 15) is 4.79 Å². The average Bonchev–Trinajstić information content (AvgIpc) is 2.59. The van der Waals surface area contributed by atoms with Gasteiger partial charge in [0.2, 0.25) is 0 Å². The Bertz CT molecular complexity index is 655. The summed E-state index contributed by atoms with van der Waals surface area (Å²) in [5, 5.41) is 0. The molecule has 0 atom stereocenters. The number of esters is 1. The lowest BCUT2D eigenvalue weighted by molar-refractivity contribution is 0.0600. The second kappa shape index (κ2) is 8.43. The van der Waals surface area contributed by atoms with Crippen molar-refractivity contribution < 1.29 is 23.7 Å². The Morgan fingerprint density at radius 3 is 2.22 bits per heavy atom. The number of halogens is 1. The van der Waals surface area contributed by atoms with Crippen LogP contribution in [0.25, 0.3) is 0 Å². The quantitative estimate of drug-likeness (QED) is 0.541. The highest BCUT2D eigenvalue weighted by atomic mass is 79.9. The molecule has 5 nitrogen and oxygen atoms in total. The minimum atomic E-state index is -0.389. The van der Waals surface area contributed by atoms with Gasteiger partial charge >= 0.3 is 5.97 Å². The van der Waals surface area contributed by atoms with Gasteiger partial charge < -0.3 is 18.9 Å². The van der Waals surface area contributed by atoms with Gasteiger partial charge in [-0.1, -0.05) is 0 Å². The molecular weight excluding hydrogens is 364 g/mol. The maximum atomic E-state index is 11.4. The van der Waals surface area contributed by atoms with E-state index in [0.29, 0.717) is 29.0 Å². The molecule has 0 aliphatic heterocycles. The summed E-state index contributed by atoms with van der Waals surface area (Å²) >= 11 is 3.37. The standard InChI is InChI=1S/C17H17BrO5/c1-20-13-4-6-14(7-5-13)22-9-10-23-16-8-3-12(11-15(16)18)17(19)21-2/h3-8,11H,9-10H2,1-2H3. The van der Waals surface area contributed by atoms with Crippen molar-refractivity contribution in [3.63, 3.8) is 0 Å². The van der Waals surface area contributed by atoms with Crippen LogP contribution in [0.3, 0.4) is 0 Å². The topological polar surface area (TPSA) is 54.0 Å². The lowest BCUT2D eigenvalue weighted by atomic mass is 10.2. The van der Waals surface area contributed by atoms with Crippen molar-refractivity contribution in [1.29, 1.82) is 0 Å². The summed E-state index contributed by atoms with van der Waals surface area (Å²) in [7, 11) is 2.96. The predicted molar refractivity (Wildman–Crippen MR) is 89.5 cm³/mol. The van der Waals surface area contributed by atoms with Gasteiger partial charge in [0.05, 0.1) is 24.3 Å². The van der Waals surface area contributed by atoms with Crippen LogP contribution < -0.4 is 14.2 Å². The third-order valence-corrected chi connectivity index (χ3v) is 3.64. The van der Waals surface area contributed by atoms with E-state index in [1.807, 2.05) is 24.3 Å². The molecule has 0 fully saturated rings. The largest absolute Gasteiger partial charge is 0.497 e. The molecule has 6 heteroatoms. The van der Waals surface area contributed by atoms with Gasteiger partial charge in [-0.15, -0.1) is 0 Å². The second-order valence-corrected chi connectivity index (χ2v) is 5.36. The summed E-state index contributed by atoms with van der Waals surface area (Å²) < 4.78 is 21.6. The van der Waals surface area contributed by atoms with E-state index < -0.39 is 0 Å². The third-order valence-electron chi connectivity index (χ3n) is 3.02.